The number of amides is 2. The highest BCUT2D eigenvalue weighted by molar-refractivity contribution is 5.98. The standard InChI is InChI=1S/C27H34N4O4/c1-19-3-5-20(6-4-19)21-11-13-27(14-12-21,31-17-15-28-16-18-31)26(34)30-29-24(32)22-7-9-23(10-8-22)25(33)35-2/h7-13,20,28H,1,3-6,14-18H2,2H3,(H,29,32)(H,30,34). The number of nitrogens with zero attached hydrogens (tertiary/aromatic N) is 1. The number of ether oxygens (including phenoxy) is 1. The molecule has 1 atom stereocenters. The predicted molar refractivity (Wildman–Crippen MR) is 134 cm³/mol. The molecule has 2 amide bonds. The van der Waals surface area contributed by atoms with Gasteiger partial charge in [0.15, 0.2) is 0 Å². The van der Waals surface area contributed by atoms with Crippen molar-refractivity contribution in [3.63, 3.8) is 0 Å². The summed E-state index contributed by atoms with van der Waals surface area (Å²) in [7, 11) is 1.30. The van der Waals surface area contributed by atoms with Crippen LogP contribution in [0.3, 0.4) is 0 Å². The van der Waals surface area contributed by atoms with Gasteiger partial charge in [-0.15, -0.1) is 0 Å². The van der Waals surface area contributed by atoms with E-state index in [1.807, 2.05) is 6.08 Å². The lowest BCUT2D eigenvalue weighted by Crippen LogP contribution is -2.64. The fourth-order valence-corrected chi connectivity index (χ4v) is 5.09. The molecule has 1 aromatic carbocycles. The average molecular weight is 479 g/mol. The Hall–Kier alpha value is -3.23. The van der Waals surface area contributed by atoms with Crippen LogP contribution in [0.4, 0.5) is 0 Å². The lowest BCUT2D eigenvalue weighted by molar-refractivity contribution is -0.132. The van der Waals surface area contributed by atoms with Crippen LogP contribution in [-0.4, -0.2) is 61.5 Å². The molecule has 8 nitrogen and oxygen atoms in total. The molecular weight excluding hydrogens is 444 g/mol. The Morgan fingerprint density at radius 2 is 1.71 bits per heavy atom. The Kier molecular flexibility index (Phi) is 7.83. The van der Waals surface area contributed by atoms with Crippen LogP contribution in [0.5, 0.6) is 0 Å². The van der Waals surface area contributed by atoms with Crippen LogP contribution in [-0.2, 0) is 9.53 Å². The Labute approximate surface area is 206 Å². The molecule has 0 aromatic heterocycles. The summed E-state index contributed by atoms with van der Waals surface area (Å²) < 4.78 is 4.68. The van der Waals surface area contributed by atoms with E-state index in [9.17, 15) is 14.4 Å². The van der Waals surface area contributed by atoms with Crippen molar-refractivity contribution in [2.75, 3.05) is 33.3 Å². The maximum atomic E-state index is 13.5. The Balaban J connectivity index is 1.44. The molecule has 0 radical (unpaired) electrons. The summed E-state index contributed by atoms with van der Waals surface area (Å²) in [5.74, 6) is -0.683. The van der Waals surface area contributed by atoms with E-state index in [4.69, 9.17) is 0 Å². The second kappa shape index (κ2) is 11.0. The van der Waals surface area contributed by atoms with E-state index in [0.717, 1.165) is 51.9 Å². The number of carbonyl (C=O) groups is 3. The van der Waals surface area contributed by atoms with Gasteiger partial charge in [0.25, 0.3) is 11.8 Å². The van der Waals surface area contributed by atoms with Gasteiger partial charge in [0.1, 0.15) is 5.54 Å². The first-order valence-electron chi connectivity index (χ1n) is 12.2. The number of hydrazine groups is 1. The summed E-state index contributed by atoms with van der Waals surface area (Å²) in [5, 5.41) is 3.34. The first-order valence-corrected chi connectivity index (χ1v) is 12.2. The van der Waals surface area contributed by atoms with Crippen molar-refractivity contribution in [1.29, 1.82) is 0 Å². The van der Waals surface area contributed by atoms with Gasteiger partial charge in [0, 0.05) is 31.7 Å². The van der Waals surface area contributed by atoms with Crippen molar-refractivity contribution in [2.45, 2.75) is 37.6 Å². The third-order valence-electron chi connectivity index (χ3n) is 7.30. The number of hydrogen-bond acceptors (Lipinski definition) is 6. The molecule has 8 heteroatoms. The molecule has 1 saturated carbocycles. The summed E-state index contributed by atoms with van der Waals surface area (Å²) in [4.78, 5) is 40.0. The molecule has 35 heavy (non-hydrogen) atoms. The number of carbonyl (C=O) groups excluding carboxylic acids is 3. The number of allylic oxidation sites excluding steroid dienone is 3. The number of nitrogens with one attached hydrogen (secondary N) is 3. The molecule has 1 aromatic rings. The van der Waals surface area contributed by atoms with Gasteiger partial charge in [-0.25, -0.2) is 4.79 Å². The Morgan fingerprint density at radius 3 is 2.31 bits per heavy atom. The lowest BCUT2D eigenvalue weighted by Gasteiger charge is -2.44. The maximum Gasteiger partial charge on any atom is 0.337 e. The van der Waals surface area contributed by atoms with Gasteiger partial charge in [0.2, 0.25) is 0 Å². The second-order valence-corrected chi connectivity index (χ2v) is 9.40. The fraction of sp³-hybridized carbons (Fsp3) is 0.444. The van der Waals surface area contributed by atoms with Gasteiger partial charge in [-0.05, 0) is 67.9 Å². The SMILES string of the molecule is C=C1CCC(C2=CCC(C(=O)NNC(=O)c3ccc(C(=O)OC)cc3)(N3CCNCC3)C=C2)CC1. The number of esters is 1. The van der Waals surface area contributed by atoms with Crippen molar-refractivity contribution >= 4 is 17.8 Å². The largest absolute Gasteiger partial charge is 0.465 e. The zero-order valence-electron chi connectivity index (χ0n) is 20.3. The van der Waals surface area contributed by atoms with Gasteiger partial charge < -0.3 is 10.1 Å². The van der Waals surface area contributed by atoms with Gasteiger partial charge in [-0.1, -0.05) is 30.4 Å². The minimum absolute atomic E-state index is 0.262. The summed E-state index contributed by atoms with van der Waals surface area (Å²) in [6, 6.07) is 6.07. The number of rotatable bonds is 5. The number of piperazine rings is 1. The predicted octanol–water partition coefficient (Wildman–Crippen LogP) is 2.51. The van der Waals surface area contributed by atoms with Gasteiger partial charge in [0.05, 0.1) is 12.7 Å². The highest BCUT2D eigenvalue weighted by Gasteiger charge is 2.43. The minimum atomic E-state index is -0.855. The summed E-state index contributed by atoms with van der Waals surface area (Å²) in [5.41, 5.74) is 7.64. The molecule has 2 fully saturated rings. The van der Waals surface area contributed by atoms with Gasteiger partial charge in [-0.2, -0.15) is 0 Å². The highest BCUT2D eigenvalue weighted by Crippen LogP contribution is 2.37. The van der Waals surface area contributed by atoms with Crippen LogP contribution in [0, 0.1) is 5.92 Å². The van der Waals surface area contributed by atoms with Crippen molar-refractivity contribution < 1.29 is 19.1 Å². The summed E-state index contributed by atoms with van der Waals surface area (Å²) in [6.45, 7) is 7.22. The van der Waals surface area contributed by atoms with Crippen LogP contribution in [0.1, 0.15) is 52.8 Å². The number of hydrogen-bond donors (Lipinski definition) is 3. The van der Waals surface area contributed by atoms with Crippen LogP contribution in [0.2, 0.25) is 0 Å². The van der Waals surface area contributed by atoms with E-state index in [-0.39, 0.29) is 5.91 Å². The first-order chi connectivity index (χ1) is 16.9. The van der Waals surface area contributed by atoms with Crippen LogP contribution in [0.15, 0.2) is 60.2 Å². The van der Waals surface area contributed by atoms with Crippen LogP contribution in [0.25, 0.3) is 0 Å². The highest BCUT2D eigenvalue weighted by atomic mass is 16.5. The smallest absolute Gasteiger partial charge is 0.337 e. The first kappa shape index (κ1) is 24.9. The quantitative estimate of drug-likeness (QED) is 0.342. The third-order valence-corrected chi connectivity index (χ3v) is 7.30. The van der Waals surface area contributed by atoms with Crippen molar-refractivity contribution in [3.8, 4) is 0 Å². The molecule has 0 spiro atoms. The molecule has 186 valence electrons. The van der Waals surface area contributed by atoms with E-state index in [0.29, 0.717) is 23.5 Å². The molecule has 3 aliphatic rings. The van der Waals surface area contributed by atoms with Crippen LogP contribution >= 0.6 is 0 Å². The maximum absolute atomic E-state index is 13.5. The van der Waals surface area contributed by atoms with E-state index in [1.165, 1.54) is 42.5 Å². The topological polar surface area (TPSA) is 99.8 Å². The number of benzene rings is 1. The van der Waals surface area contributed by atoms with Crippen molar-refractivity contribution in [2.24, 2.45) is 5.92 Å². The summed E-state index contributed by atoms with van der Waals surface area (Å²) >= 11 is 0. The molecule has 1 saturated heterocycles. The molecule has 1 heterocycles. The van der Waals surface area contributed by atoms with Crippen LogP contribution < -0.4 is 16.2 Å². The lowest BCUT2D eigenvalue weighted by atomic mass is 9.77. The average Bonchev–Trinajstić information content (AvgIpc) is 2.92. The zero-order chi connectivity index (χ0) is 24.8. The molecule has 2 aliphatic carbocycles. The molecule has 4 rings (SSSR count). The van der Waals surface area contributed by atoms with E-state index >= 15 is 0 Å². The summed E-state index contributed by atoms with van der Waals surface area (Å²) in [6.07, 6.45) is 11.2. The van der Waals surface area contributed by atoms with E-state index < -0.39 is 17.4 Å². The molecule has 3 N–H and O–H groups in total. The normalized spacial score (nSPS) is 23.3. The number of methoxy groups -OCH3 is 1. The third kappa shape index (κ3) is 5.55. The Bertz CT molecular complexity index is 1030. The van der Waals surface area contributed by atoms with Gasteiger partial charge in [-0.3, -0.25) is 25.3 Å². The molecule has 1 unspecified atom stereocenters. The minimum Gasteiger partial charge on any atom is -0.465 e. The molecular formula is C27H34N4O4. The zero-order valence-corrected chi connectivity index (χ0v) is 20.3. The second-order valence-electron chi connectivity index (χ2n) is 9.40. The van der Waals surface area contributed by atoms with Crippen molar-refractivity contribution in [1.82, 2.24) is 21.1 Å². The van der Waals surface area contributed by atoms with E-state index in [2.05, 4.69) is 44.5 Å². The van der Waals surface area contributed by atoms with Crippen molar-refractivity contribution in [3.05, 3.63) is 71.3 Å². The molecule has 0 bridgehead atoms. The monoisotopic (exact) mass is 478 g/mol. The van der Waals surface area contributed by atoms with Gasteiger partial charge >= 0.3 is 5.97 Å². The van der Waals surface area contributed by atoms with E-state index in [1.54, 1.807) is 0 Å². The Morgan fingerprint density at radius 1 is 1.06 bits per heavy atom. The fourth-order valence-electron chi connectivity index (χ4n) is 5.09. The molecule has 1 aliphatic heterocycles.